The largest absolute Gasteiger partial charge is 0.379 e. The number of H-pyrrole nitrogens is 1. The van der Waals surface area contributed by atoms with Gasteiger partial charge < -0.3 is 15.0 Å². The Hall–Kier alpha value is -2.89. The van der Waals surface area contributed by atoms with E-state index < -0.39 is 0 Å². The molecule has 2 aliphatic heterocycles. The number of amides is 1. The molecule has 10 nitrogen and oxygen atoms in total. The molecule has 3 aromatic rings. The minimum absolute atomic E-state index is 0.209. The van der Waals surface area contributed by atoms with Gasteiger partial charge in [-0.25, -0.2) is 9.97 Å². The van der Waals surface area contributed by atoms with E-state index in [2.05, 4.69) is 31.5 Å². The first-order valence-corrected chi connectivity index (χ1v) is 13.5. The van der Waals surface area contributed by atoms with Crippen LogP contribution >= 0.6 is 11.8 Å². The molecule has 0 saturated carbocycles. The number of anilines is 1. The van der Waals surface area contributed by atoms with Gasteiger partial charge in [0.2, 0.25) is 5.91 Å². The Bertz CT molecular complexity index is 1230. The Morgan fingerprint density at radius 2 is 2.08 bits per heavy atom. The van der Waals surface area contributed by atoms with E-state index in [9.17, 15) is 4.79 Å². The molecule has 0 radical (unpaired) electrons. The minimum Gasteiger partial charge on any atom is -0.379 e. The maximum Gasteiger partial charge on any atom is 0.223 e. The number of carbonyl (C=O) groups is 1. The van der Waals surface area contributed by atoms with Gasteiger partial charge in [-0.2, -0.15) is 5.10 Å². The molecule has 2 aliphatic rings. The number of nitrogens with one attached hydrogen (secondary N) is 2. The molecule has 1 saturated heterocycles. The van der Waals surface area contributed by atoms with Gasteiger partial charge in [0.15, 0.2) is 11.5 Å². The summed E-state index contributed by atoms with van der Waals surface area (Å²) in [6.45, 7) is 11.6. The highest BCUT2D eigenvalue weighted by molar-refractivity contribution is 8.03. The number of carbonyl (C=O) groups excluding carboxylic acids is 1. The summed E-state index contributed by atoms with van der Waals surface area (Å²) >= 11 is 1.75. The van der Waals surface area contributed by atoms with Crippen molar-refractivity contribution in [1.82, 2.24) is 34.4 Å². The van der Waals surface area contributed by atoms with E-state index in [1.165, 1.54) is 0 Å². The molecule has 1 unspecified atom stereocenters. The van der Waals surface area contributed by atoms with E-state index in [-0.39, 0.29) is 11.3 Å². The van der Waals surface area contributed by atoms with E-state index in [0.29, 0.717) is 12.2 Å². The highest BCUT2D eigenvalue weighted by Crippen LogP contribution is 2.42. The molecule has 0 aliphatic carbocycles. The number of hydrogen-bond donors (Lipinski definition) is 2. The molecule has 1 fully saturated rings. The van der Waals surface area contributed by atoms with Crippen molar-refractivity contribution in [1.29, 1.82) is 0 Å². The summed E-state index contributed by atoms with van der Waals surface area (Å²) in [5.74, 6) is 1.76. The van der Waals surface area contributed by atoms with Crippen molar-refractivity contribution < 1.29 is 9.53 Å². The van der Waals surface area contributed by atoms with Gasteiger partial charge >= 0.3 is 0 Å². The average molecular weight is 511 g/mol. The van der Waals surface area contributed by atoms with Gasteiger partial charge in [0.25, 0.3) is 0 Å². The van der Waals surface area contributed by atoms with Crippen molar-refractivity contribution in [2.75, 3.05) is 57.0 Å². The number of thioether (sulfide) groups is 1. The van der Waals surface area contributed by atoms with Gasteiger partial charge in [-0.05, 0) is 26.8 Å². The smallest absolute Gasteiger partial charge is 0.223 e. The Balaban J connectivity index is 1.43. The number of aromatic nitrogens is 5. The standard InChI is InChI=1S/C25H34N8O2S/c1-4-32(5-2)22(34)11-25(16-31-6-8-35-9-7-31)10-21(36-17-25)30-23-24-26-14-20(19-12-27-28-13-19)33(24)15-18(3)29-23/h10,12-15H,4-9,11,16-17H2,1-3H3,(H,27,28)(H,29,30). The SMILES string of the molecule is CCN(CC)C(=O)CC1(CN2CCOCC2)C=C(Nc2nc(C)cn3c(-c4cn[nH]c4)cnc23)SC1. The Morgan fingerprint density at radius 1 is 1.28 bits per heavy atom. The van der Waals surface area contributed by atoms with Crippen LogP contribution in [0.25, 0.3) is 16.9 Å². The van der Waals surface area contributed by atoms with Crippen LogP contribution in [0.5, 0.6) is 0 Å². The van der Waals surface area contributed by atoms with Crippen LogP contribution in [-0.2, 0) is 9.53 Å². The minimum atomic E-state index is -0.249. The summed E-state index contributed by atoms with van der Waals surface area (Å²) in [5.41, 5.74) is 3.30. The lowest BCUT2D eigenvalue weighted by Gasteiger charge is -2.36. The number of nitrogens with zero attached hydrogens (tertiary/aromatic N) is 6. The highest BCUT2D eigenvalue weighted by Gasteiger charge is 2.39. The molecule has 36 heavy (non-hydrogen) atoms. The lowest BCUT2D eigenvalue weighted by atomic mass is 9.85. The number of rotatable bonds is 9. The zero-order valence-electron chi connectivity index (χ0n) is 21.2. The number of hydrogen-bond acceptors (Lipinski definition) is 8. The number of morpholine rings is 1. The first-order chi connectivity index (χ1) is 17.5. The Labute approximate surface area is 215 Å². The zero-order chi connectivity index (χ0) is 25.1. The van der Waals surface area contributed by atoms with Crippen molar-refractivity contribution in [2.45, 2.75) is 27.2 Å². The van der Waals surface area contributed by atoms with Crippen molar-refractivity contribution in [3.8, 4) is 11.3 Å². The van der Waals surface area contributed by atoms with Crippen LogP contribution < -0.4 is 5.32 Å². The second kappa shape index (κ2) is 10.6. The zero-order valence-corrected chi connectivity index (χ0v) is 22.0. The third-order valence-corrected chi connectivity index (χ3v) is 8.11. The van der Waals surface area contributed by atoms with E-state index >= 15 is 0 Å². The van der Waals surface area contributed by atoms with Crippen LogP contribution in [0.4, 0.5) is 5.82 Å². The van der Waals surface area contributed by atoms with Crippen LogP contribution in [0, 0.1) is 12.3 Å². The second-order valence-corrected chi connectivity index (χ2v) is 10.5. The van der Waals surface area contributed by atoms with E-state index in [1.807, 2.05) is 48.7 Å². The molecule has 0 bridgehead atoms. The first-order valence-electron chi connectivity index (χ1n) is 12.5. The lowest BCUT2D eigenvalue weighted by molar-refractivity contribution is -0.132. The van der Waals surface area contributed by atoms with Crippen molar-refractivity contribution in [3.05, 3.63) is 41.6 Å². The van der Waals surface area contributed by atoms with Gasteiger partial charge in [-0.3, -0.25) is 19.2 Å². The summed E-state index contributed by atoms with van der Waals surface area (Å²) in [5, 5.41) is 11.5. The summed E-state index contributed by atoms with van der Waals surface area (Å²) in [4.78, 5) is 27.0. The van der Waals surface area contributed by atoms with Crippen LogP contribution in [0.2, 0.25) is 0 Å². The third kappa shape index (κ3) is 5.14. The third-order valence-electron chi connectivity index (χ3n) is 6.86. The fourth-order valence-corrected chi connectivity index (χ4v) is 6.23. The molecule has 0 spiro atoms. The molecule has 1 amide bonds. The van der Waals surface area contributed by atoms with Gasteiger partial charge in [0, 0.05) is 68.3 Å². The number of ether oxygens (including phenoxy) is 1. The van der Waals surface area contributed by atoms with Crippen LogP contribution in [0.1, 0.15) is 26.0 Å². The highest BCUT2D eigenvalue weighted by atomic mass is 32.2. The van der Waals surface area contributed by atoms with Gasteiger partial charge in [0.05, 0.1) is 42.0 Å². The molecular formula is C25H34N8O2S. The van der Waals surface area contributed by atoms with Crippen LogP contribution in [0.3, 0.4) is 0 Å². The monoisotopic (exact) mass is 510 g/mol. The topological polar surface area (TPSA) is 104 Å². The summed E-state index contributed by atoms with van der Waals surface area (Å²) in [6, 6.07) is 0. The van der Waals surface area contributed by atoms with Gasteiger partial charge in [-0.15, -0.1) is 11.8 Å². The molecule has 5 rings (SSSR count). The van der Waals surface area contributed by atoms with E-state index in [1.54, 1.807) is 18.0 Å². The molecule has 5 heterocycles. The average Bonchev–Trinajstić information content (AvgIpc) is 3.61. The number of aryl methyl sites for hydroxylation is 1. The number of fused-ring (bicyclic) bond motifs is 1. The first kappa shape index (κ1) is 24.8. The van der Waals surface area contributed by atoms with E-state index in [0.717, 1.165) is 79.3 Å². The normalized spacial score (nSPS) is 20.6. The lowest BCUT2D eigenvalue weighted by Crippen LogP contribution is -2.46. The number of aromatic amines is 1. The summed E-state index contributed by atoms with van der Waals surface area (Å²) in [7, 11) is 0. The Kier molecular flexibility index (Phi) is 7.31. The molecule has 3 aromatic heterocycles. The van der Waals surface area contributed by atoms with Crippen molar-refractivity contribution in [3.63, 3.8) is 0 Å². The number of imidazole rings is 1. The molecule has 1 atom stereocenters. The quantitative estimate of drug-likeness (QED) is 0.453. The van der Waals surface area contributed by atoms with Crippen LogP contribution in [0.15, 0.2) is 35.9 Å². The fraction of sp³-hybridized carbons (Fsp3) is 0.520. The van der Waals surface area contributed by atoms with Crippen LogP contribution in [-0.4, -0.2) is 92.0 Å². The van der Waals surface area contributed by atoms with Gasteiger partial charge in [-0.1, -0.05) is 0 Å². The van der Waals surface area contributed by atoms with Crippen molar-refractivity contribution >= 4 is 29.1 Å². The molecule has 192 valence electrons. The van der Waals surface area contributed by atoms with Gasteiger partial charge in [0.1, 0.15) is 0 Å². The Morgan fingerprint density at radius 3 is 2.81 bits per heavy atom. The molecular weight excluding hydrogens is 476 g/mol. The predicted octanol–water partition coefficient (Wildman–Crippen LogP) is 3.01. The maximum absolute atomic E-state index is 13.2. The molecule has 0 aromatic carbocycles. The summed E-state index contributed by atoms with van der Waals surface area (Å²) < 4.78 is 7.60. The van der Waals surface area contributed by atoms with Crippen molar-refractivity contribution in [2.24, 2.45) is 5.41 Å². The second-order valence-electron chi connectivity index (χ2n) is 9.47. The summed E-state index contributed by atoms with van der Waals surface area (Å²) in [6.07, 6.45) is 10.2. The maximum atomic E-state index is 13.2. The fourth-order valence-electron chi connectivity index (χ4n) is 5.01. The molecule has 2 N–H and O–H groups in total. The predicted molar refractivity (Wildman–Crippen MR) is 142 cm³/mol. The van der Waals surface area contributed by atoms with E-state index in [4.69, 9.17) is 9.72 Å². The molecule has 11 heteroatoms.